The fourth-order valence-corrected chi connectivity index (χ4v) is 3.49. The fraction of sp³-hybridized carbons (Fsp3) is 0.333. The molecule has 0 spiro atoms. The Labute approximate surface area is 166 Å². The summed E-state index contributed by atoms with van der Waals surface area (Å²) in [5.74, 6) is 0.552. The Morgan fingerprint density at radius 3 is 2.90 bits per heavy atom. The molecular weight excluding hydrogens is 376 g/mol. The van der Waals surface area contributed by atoms with Crippen LogP contribution in [0.15, 0.2) is 30.6 Å². The first-order chi connectivity index (χ1) is 14.0. The Morgan fingerprint density at radius 1 is 1.28 bits per heavy atom. The molecule has 152 valence electrons. The van der Waals surface area contributed by atoms with Crippen LogP contribution in [0, 0.1) is 0 Å². The summed E-state index contributed by atoms with van der Waals surface area (Å²) in [5.41, 5.74) is 18.3. The Balaban J connectivity index is 1.57. The van der Waals surface area contributed by atoms with Gasteiger partial charge in [0.1, 0.15) is 17.9 Å². The van der Waals surface area contributed by atoms with Crippen LogP contribution in [0.1, 0.15) is 16.4 Å². The molecule has 4 rings (SSSR count). The number of imidazole rings is 1. The van der Waals surface area contributed by atoms with E-state index in [0.29, 0.717) is 35.6 Å². The summed E-state index contributed by atoms with van der Waals surface area (Å²) in [6.45, 7) is 1.20. The Bertz CT molecular complexity index is 1050. The van der Waals surface area contributed by atoms with Gasteiger partial charge in [-0.2, -0.15) is 9.97 Å². The molecule has 29 heavy (non-hydrogen) atoms. The maximum atomic E-state index is 12.9. The average molecular weight is 398 g/mol. The molecule has 1 aromatic carbocycles. The lowest BCUT2D eigenvalue weighted by molar-refractivity contribution is 0.0764. The lowest BCUT2D eigenvalue weighted by Crippen LogP contribution is -2.29. The van der Waals surface area contributed by atoms with Crippen molar-refractivity contribution in [2.75, 3.05) is 37.7 Å². The molecule has 11 heteroatoms. The second-order valence-corrected chi connectivity index (χ2v) is 6.80. The van der Waals surface area contributed by atoms with Crippen LogP contribution in [-0.2, 0) is 0 Å². The highest BCUT2D eigenvalue weighted by Crippen LogP contribution is 2.28. The summed E-state index contributed by atoms with van der Waals surface area (Å²) in [7, 11) is 0. The first-order valence-corrected chi connectivity index (χ1v) is 9.13. The number of aliphatic hydroxyl groups is 1. The number of likely N-dealkylation sites (tertiary alicyclic amines) is 1. The highest BCUT2D eigenvalue weighted by Gasteiger charge is 2.36. The van der Waals surface area contributed by atoms with E-state index >= 15 is 0 Å². The van der Waals surface area contributed by atoms with Gasteiger partial charge in [-0.1, -0.05) is 6.07 Å². The van der Waals surface area contributed by atoms with Crippen molar-refractivity contribution in [3.63, 3.8) is 0 Å². The van der Waals surface area contributed by atoms with Gasteiger partial charge in [-0.15, -0.1) is 0 Å². The normalized spacial score (nSPS) is 19.0. The Hall–Kier alpha value is -3.44. The molecule has 0 radical (unpaired) electrons. The van der Waals surface area contributed by atoms with Crippen molar-refractivity contribution < 1.29 is 14.6 Å². The molecule has 1 saturated heterocycles. The number of rotatable bonds is 5. The monoisotopic (exact) mass is 398 g/mol. The van der Waals surface area contributed by atoms with Gasteiger partial charge in [0.05, 0.1) is 18.5 Å². The zero-order chi connectivity index (χ0) is 20.5. The average Bonchev–Trinajstić information content (AvgIpc) is 3.29. The smallest absolute Gasteiger partial charge is 0.254 e. The van der Waals surface area contributed by atoms with Crippen molar-refractivity contribution in [1.29, 1.82) is 0 Å². The number of hydrogen-bond donors (Lipinski definition) is 4. The van der Waals surface area contributed by atoms with Crippen LogP contribution in [0.5, 0.6) is 5.75 Å². The molecule has 1 aliphatic rings. The van der Waals surface area contributed by atoms with Crippen molar-refractivity contribution in [2.24, 2.45) is 5.73 Å². The Kier molecular flexibility index (Phi) is 4.91. The molecule has 7 N–H and O–H groups in total. The van der Waals surface area contributed by atoms with Crippen LogP contribution >= 0.6 is 0 Å². The molecule has 1 amide bonds. The molecule has 2 aromatic heterocycles. The molecule has 0 unspecified atom stereocenters. The van der Waals surface area contributed by atoms with Gasteiger partial charge in [0.2, 0.25) is 5.95 Å². The number of aliphatic hydroxyl groups excluding tert-OH is 1. The van der Waals surface area contributed by atoms with Crippen LogP contribution in [0.3, 0.4) is 0 Å². The van der Waals surface area contributed by atoms with E-state index in [4.69, 9.17) is 21.9 Å². The number of carbonyl (C=O) groups is 1. The van der Waals surface area contributed by atoms with Crippen LogP contribution < -0.4 is 21.9 Å². The summed E-state index contributed by atoms with van der Waals surface area (Å²) >= 11 is 0. The van der Waals surface area contributed by atoms with Gasteiger partial charge in [-0.05, 0) is 18.2 Å². The molecular formula is C18H22N8O3. The molecule has 1 aliphatic heterocycles. The van der Waals surface area contributed by atoms with Gasteiger partial charge in [-0.25, -0.2) is 4.98 Å². The van der Waals surface area contributed by atoms with Crippen molar-refractivity contribution in [3.8, 4) is 5.75 Å². The largest absolute Gasteiger partial charge is 0.492 e. The number of ether oxygens (including phenoxy) is 1. The van der Waals surface area contributed by atoms with E-state index in [1.54, 1.807) is 33.7 Å². The van der Waals surface area contributed by atoms with E-state index in [9.17, 15) is 9.90 Å². The van der Waals surface area contributed by atoms with Gasteiger partial charge in [0.25, 0.3) is 5.91 Å². The standard InChI is InChI=1S/C18H22N8O3/c19-4-5-29-11-3-1-2-10(6-11)17(28)25-7-12(13(27)8-25)26-9-22-14-15(20)23-18(21)24-16(14)26/h1-3,6,9,12-13,27H,4-5,7-8,19H2,(H4,20,21,23,24)/t12-,13-/m0/s1. The number of nitrogen functional groups attached to an aromatic ring is 2. The molecule has 3 heterocycles. The van der Waals surface area contributed by atoms with Crippen LogP contribution in [-0.4, -0.2) is 67.8 Å². The minimum atomic E-state index is -0.801. The zero-order valence-corrected chi connectivity index (χ0v) is 15.6. The number of benzene rings is 1. The van der Waals surface area contributed by atoms with Crippen LogP contribution in [0.2, 0.25) is 0 Å². The summed E-state index contributed by atoms with van der Waals surface area (Å²) in [6.07, 6.45) is 0.726. The first-order valence-electron chi connectivity index (χ1n) is 9.13. The van der Waals surface area contributed by atoms with Crippen LogP contribution in [0.25, 0.3) is 11.2 Å². The maximum absolute atomic E-state index is 12.9. The number of aromatic nitrogens is 4. The van der Waals surface area contributed by atoms with Gasteiger partial charge < -0.3 is 36.5 Å². The number of fused-ring (bicyclic) bond motifs is 1. The van der Waals surface area contributed by atoms with Gasteiger partial charge in [0.15, 0.2) is 11.5 Å². The predicted molar refractivity (Wildman–Crippen MR) is 106 cm³/mol. The van der Waals surface area contributed by atoms with Gasteiger partial charge in [-0.3, -0.25) is 4.79 Å². The molecule has 3 aromatic rings. The van der Waals surface area contributed by atoms with Gasteiger partial charge in [0, 0.05) is 25.2 Å². The molecule has 0 aliphatic carbocycles. The molecule has 2 atom stereocenters. The third-order valence-electron chi connectivity index (χ3n) is 4.84. The third-order valence-corrected chi connectivity index (χ3v) is 4.84. The molecule has 1 fully saturated rings. The second kappa shape index (κ2) is 7.53. The van der Waals surface area contributed by atoms with Crippen molar-refractivity contribution in [2.45, 2.75) is 12.1 Å². The van der Waals surface area contributed by atoms with E-state index in [0.717, 1.165) is 0 Å². The molecule has 0 bridgehead atoms. The first kappa shape index (κ1) is 18.9. The topological polar surface area (TPSA) is 171 Å². The van der Waals surface area contributed by atoms with E-state index in [-0.39, 0.29) is 30.8 Å². The number of hydrogen-bond acceptors (Lipinski definition) is 9. The van der Waals surface area contributed by atoms with Crippen molar-refractivity contribution in [3.05, 3.63) is 36.2 Å². The fourth-order valence-electron chi connectivity index (χ4n) is 3.49. The number of nitrogens with two attached hydrogens (primary N) is 3. The maximum Gasteiger partial charge on any atom is 0.254 e. The number of carbonyl (C=O) groups excluding carboxylic acids is 1. The van der Waals surface area contributed by atoms with E-state index in [1.165, 1.54) is 6.33 Å². The zero-order valence-electron chi connectivity index (χ0n) is 15.6. The van der Waals surface area contributed by atoms with Crippen LogP contribution in [0.4, 0.5) is 11.8 Å². The number of β-amino-alcohol motifs (C(OH)–C–C–N with tert-alkyl or cyclic N) is 1. The van der Waals surface area contributed by atoms with E-state index in [2.05, 4.69) is 15.0 Å². The minimum absolute atomic E-state index is 0.0199. The van der Waals surface area contributed by atoms with Crippen molar-refractivity contribution in [1.82, 2.24) is 24.4 Å². The second-order valence-electron chi connectivity index (χ2n) is 6.80. The summed E-state index contributed by atoms with van der Waals surface area (Å²) in [4.78, 5) is 26.8. The molecule has 11 nitrogen and oxygen atoms in total. The Morgan fingerprint density at radius 2 is 2.10 bits per heavy atom. The highest BCUT2D eigenvalue weighted by molar-refractivity contribution is 5.95. The third kappa shape index (κ3) is 3.52. The summed E-state index contributed by atoms with van der Waals surface area (Å²) < 4.78 is 7.17. The number of anilines is 2. The molecule has 0 saturated carbocycles. The predicted octanol–water partition coefficient (Wildman–Crippen LogP) is -0.614. The number of amides is 1. The quantitative estimate of drug-likeness (QED) is 0.437. The summed E-state index contributed by atoms with van der Waals surface area (Å²) in [6, 6.07) is 6.45. The van der Waals surface area contributed by atoms with Crippen molar-refractivity contribution >= 4 is 28.8 Å². The van der Waals surface area contributed by atoms with E-state index < -0.39 is 12.1 Å². The summed E-state index contributed by atoms with van der Waals surface area (Å²) in [5, 5.41) is 10.6. The lowest BCUT2D eigenvalue weighted by Gasteiger charge is -2.17. The SMILES string of the molecule is NCCOc1cccc(C(=O)N2C[C@H](O)[C@@H](n3cnc4c(N)nc(N)nc43)C2)c1. The minimum Gasteiger partial charge on any atom is -0.492 e. The highest BCUT2D eigenvalue weighted by atomic mass is 16.5. The lowest BCUT2D eigenvalue weighted by atomic mass is 10.2. The van der Waals surface area contributed by atoms with Gasteiger partial charge >= 0.3 is 0 Å². The van der Waals surface area contributed by atoms with E-state index in [1.807, 2.05) is 0 Å². The number of nitrogens with zero attached hydrogens (tertiary/aromatic N) is 5.